The van der Waals surface area contributed by atoms with Crippen LogP contribution in [0, 0.1) is 18.3 Å². The van der Waals surface area contributed by atoms with E-state index in [9.17, 15) is 5.26 Å². The van der Waals surface area contributed by atoms with Crippen LogP contribution in [-0.2, 0) is 4.74 Å². The number of hydrogen-bond donors (Lipinski definition) is 1. The largest absolute Gasteiger partial charge is 0.440 e. The van der Waals surface area contributed by atoms with Gasteiger partial charge in [0.25, 0.3) is 0 Å². The molecule has 1 aliphatic rings. The van der Waals surface area contributed by atoms with E-state index >= 15 is 0 Å². The highest BCUT2D eigenvalue weighted by Crippen LogP contribution is 2.47. The van der Waals surface area contributed by atoms with Crippen LogP contribution in [0.4, 0.5) is 0 Å². The van der Waals surface area contributed by atoms with E-state index in [1.54, 1.807) is 0 Å². The molecule has 3 heteroatoms. The van der Waals surface area contributed by atoms with E-state index < -0.39 is 0 Å². The normalized spacial score (nSPS) is 16.5. The van der Waals surface area contributed by atoms with Crippen molar-refractivity contribution in [3.63, 3.8) is 0 Å². The van der Waals surface area contributed by atoms with E-state index in [1.165, 1.54) is 5.56 Å². The smallest absolute Gasteiger partial charge is 0.205 e. The monoisotopic (exact) mass is 364 g/mol. The Morgan fingerprint density at radius 2 is 1.39 bits per heavy atom. The van der Waals surface area contributed by atoms with Crippen molar-refractivity contribution in [3.05, 3.63) is 119 Å². The SMILES string of the molecule is Cc1ccc([C@@H]2C(C#N)=C(N)OC(c3ccccc3)=C2c2ccccc2)cc1. The fourth-order valence-electron chi connectivity index (χ4n) is 3.57. The highest BCUT2D eigenvalue weighted by Gasteiger charge is 2.34. The summed E-state index contributed by atoms with van der Waals surface area (Å²) >= 11 is 0. The average molecular weight is 364 g/mol. The van der Waals surface area contributed by atoms with Crippen LogP contribution in [0.2, 0.25) is 0 Å². The van der Waals surface area contributed by atoms with Crippen molar-refractivity contribution in [2.24, 2.45) is 5.73 Å². The molecular formula is C25H20N2O. The first kappa shape index (κ1) is 17.6. The summed E-state index contributed by atoms with van der Waals surface area (Å²) in [5, 5.41) is 9.88. The van der Waals surface area contributed by atoms with Crippen molar-refractivity contribution < 1.29 is 4.74 Å². The lowest BCUT2D eigenvalue weighted by atomic mass is 9.79. The molecule has 0 unspecified atom stereocenters. The van der Waals surface area contributed by atoms with Crippen LogP contribution in [0.25, 0.3) is 11.3 Å². The third kappa shape index (κ3) is 3.17. The van der Waals surface area contributed by atoms with Gasteiger partial charge in [-0.1, -0.05) is 90.5 Å². The highest BCUT2D eigenvalue weighted by atomic mass is 16.5. The minimum Gasteiger partial charge on any atom is -0.440 e. The second-order valence-corrected chi connectivity index (χ2v) is 6.81. The van der Waals surface area contributed by atoms with Gasteiger partial charge in [0, 0.05) is 11.1 Å². The van der Waals surface area contributed by atoms with Gasteiger partial charge in [0.15, 0.2) is 0 Å². The van der Waals surface area contributed by atoms with Crippen molar-refractivity contribution in [2.75, 3.05) is 0 Å². The van der Waals surface area contributed by atoms with E-state index in [-0.39, 0.29) is 11.8 Å². The molecule has 2 N–H and O–H groups in total. The van der Waals surface area contributed by atoms with Gasteiger partial charge in [0.1, 0.15) is 17.4 Å². The van der Waals surface area contributed by atoms with Crippen LogP contribution in [0.3, 0.4) is 0 Å². The Kier molecular flexibility index (Phi) is 4.70. The molecule has 1 atom stereocenters. The Labute approximate surface area is 165 Å². The molecule has 136 valence electrons. The van der Waals surface area contributed by atoms with Crippen molar-refractivity contribution in [3.8, 4) is 6.07 Å². The third-order valence-electron chi connectivity index (χ3n) is 4.95. The van der Waals surface area contributed by atoms with Gasteiger partial charge in [0.2, 0.25) is 5.88 Å². The summed E-state index contributed by atoms with van der Waals surface area (Å²) in [6.45, 7) is 2.05. The minimum atomic E-state index is -0.294. The van der Waals surface area contributed by atoms with Crippen LogP contribution in [0.1, 0.15) is 28.2 Å². The number of rotatable bonds is 3. The van der Waals surface area contributed by atoms with Gasteiger partial charge in [-0.25, -0.2) is 0 Å². The number of hydrogen-bond acceptors (Lipinski definition) is 3. The zero-order valence-corrected chi connectivity index (χ0v) is 15.6. The lowest BCUT2D eigenvalue weighted by molar-refractivity contribution is 0.364. The topological polar surface area (TPSA) is 59.0 Å². The predicted octanol–water partition coefficient (Wildman–Crippen LogP) is 5.37. The maximum Gasteiger partial charge on any atom is 0.205 e. The van der Waals surface area contributed by atoms with Gasteiger partial charge in [-0.05, 0) is 18.1 Å². The van der Waals surface area contributed by atoms with Gasteiger partial charge in [0.05, 0.1) is 5.92 Å². The summed E-state index contributed by atoms with van der Waals surface area (Å²) in [6.07, 6.45) is 0. The number of ether oxygens (including phenoxy) is 1. The molecule has 0 amide bonds. The number of allylic oxidation sites excluding steroid dienone is 2. The lowest BCUT2D eigenvalue weighted by Gasteiger charge is -2.30. The molecule has 0 aromatic heterocycles. The van der Waals surface area contributed by atoms with Crippen LogP contribution < -0.4 is 5.73 Å². The van der Waals surface area contributed by atoms with E-state index in [1.807, 2.05) is 67.6 Å². The molecule has 4 rings (SSSR count). The summed E-state index contributed by atoms with van der Waals surface area (Å²) in [5.41, 5.74) is 11.7. The van der Waals surface area contributed by atoms with E-state index in [0.717, 1.165) is 22.3 Å². The maximum absolute atomic E-state index is 9.88. The first-order chi connectivity index (χ1) is 13.7. The van der Waals surface area contributed by atoms with E-state index in [0.29, 0.717) is 11.3 Å². The average Bonchev–Trinajstić information content (AvgIpc) is 2.75. The highest BCUT2D eigenvalue weighted by molar-refractivity contribution is 5.94. The van der Waals surface area contributed by atoms with Crippen LogP contribution >= 0.6 is 0 Å². The van der Waals surface area contributed by atoms with Crippen molar-refractivity contribution in [1.29, 1.82) is 5.26 Å². The first-order valence-electron chi connectivity index (χ1n) is 9.18. The molecule has 0 bridgehead atoms. The number of aryl methyl sites for hydroxylation is 1. The van der Waals surface area contributed by atoms with Gasteiger partial charge in [-0.3, -0.25) is 0 Å². The standard InChI is InChI=1S/C25H20N2O/c1-17-12-14-19(15-13-17)22-21(16-26)25(27)28-24(20-10-6-3-7-11-20)23(22)18-8-4-2-5-9-18/h2-15,22H,27H2,1H3/t22-/m1/s1. The summed E-state index contributed by atoms with van der Waals surface area (Å²) in [6, 6.07) is 30.4. The molecule has 28 heavy (non-hydrogen) atoms. The second-order valence-electron chi connectivity index (χ2n) is 6.81. The number of benzene rings is 3. The zero-order chi connectivity index (χ0) is 19.5. The Balaban J connectivity index is 2.02. The molecule has 0 spiro atoms. The van der Waals surface area contributed by atoms with Crippen molar-refractivity contribution in [1.82, 2.24) is 0 Å². The van der Waals surface area contributed by atoms with Crippen LogP contribution in [0.15, 0.2) is 96.4 Å². The lowest BCUT2D eigenvalue weighted by Crippen LogP contribution is -2.20. The molecule has 0 radical (unpaired) electrons. The molecule has 3 aromatic carbocycles. The van der Waals surface area contributed by atoms with E-state index in [2.05, 4.69) is 30.3 Å². The van der Waals surface area contributed by atoms with Crippen LogP contribution in [-0.4, -0.2) is 0 Å². The van der Waals surface area contributed by atoms with E-state index in [4.69, 9.17) is 10.5 Å². The molecule has 0 saturated heterocycles. The third-order valence-corrected chi connectivity index (χ3v) is 4.95. The van der Waals surface area contributed by atoms with Crippen molar-refractivity contribution >= 4 is 11.3 Å². The summed E-state index contributed by atoms with van der Waals surface area (Å²) in [4.78, 5) is 0. The molecule has 0 aliphatic carbocycles. The summed E-state index contributed by atoms with van der Waals surface area (Å²) < 4.78 is 6.03. The molecule has 1 heterocycles. The summed E-state index contributed by atoms with van der Waals surface area (Å²) in [5.74, 6) is 0.553. The Morgan fingerprint density at radius 1 is 0.821 bits per heavy atom. The fourth-order valence-corrected chi connectivity index (χ4v) is 3.57. The fraction of sp³-hybridized carbons (Fsp3) is 0.0800. The Bertz CT molecular complexity index is 1090. The molecule has 0 fully saturated rings. The number of nitrogens with two attached hydrogens (primary N) is 1. The van der Waals surface area contributed by atoms with Gasteiger partial charge >= 0.3 is 0 Å². The van der Waals surface area contributed by atoms with Crippen molar-refractivity contribution in [2.45, 2.75) is 12.8 Å². The Morgan fingerprint density at radius 3 is 1.96 bits per heavy atom. The zero-order valence-electron chi connectivity index (χ0n) is 15.6. The molecule has 3 aromatic rings. The first-order valence-corrected chi connectivity index (χ1v) is 9.18. The second kappa shape index (κ2) is 7.46. The molecule has 0 saturated carbocycles. The van der Waals surface area contributed by atoms with Gasteiger partial charge in [-0.2, -0.15) is 5.26 Å². The van der Waals surface area contributed by atoms with Gasteiger partial charge in [-0.15, -0.1) is 0 Å². The molecule has 3 nitrogen and oxygen atoms in total. The minimum absolute atomic E-state index is 0.159. The predicted molar refractivity (Wildman–Crippen MR) is 112 cm³/mol. The maximum atomic E-state index is 9.88. The van der Waals surface area contributed by atoms with Gasteiger partial charge < -0.3 is 10.5 Å². The number of nitriles is 1. The summed E-state index contributed by atoms with van der Waals surface area (Å²) in [7, 11) is 0. The molecule has 1 aliphatic heterocycles. The number of nitrogens with zero attached hydrogens (tertiary/aromatic N) is 1. The van der Waals surface area contributed by atoms with Crippen LogP contribution in [0.5, 0.6) is 0 Å². The quantitative estimate of drug-likeness (QED) is 0.679. The Hall–Kier alpha value is -3.77. The molecular weight excluding hydrogens is 344 g/mol.